The molecular formula is C17H19FN2O3. The topological polar surface area (TPSA) is 70.6 Å². The molecule has 122 valence electrons. The average Bonchev–Trinajstić information content (AvgIpc) is 2.53. The van der Waals surface area contributed by atoms with Crippen molar-refractivity contribution in [3.05, 3.63) is 59.4 Å². The van der Waals surface area contributed by atoms with E-state index in [0.29, 0.717) is 11.4 Å². The standard InChI is InChI=1S/C17H19FN2O3/c1-12-9-15(23-11-13-3-2-4-14(18)10-13)5-6-16(12)20-17(22)19-7-8-21/h2-6,9-10,21H,7-8,11H2,1H3,(H2,19,20,22). The van der Waals surface area contributed by atoms with Gasteiger partial charge in [-0.15, -0.1) is 0 Å². The lowest BCUT2D eigenvalue weighted by Crippen LogP contribution is -2.31. The summed E-state index contributed by atoms with van der Waals surface area (Å²) in [7, 11) is 0. The zero-order chi connectivity index (χ0) is 16.7. The number of hydrogen-bond donors (Lipinski definition) is 3. The summed E-state index contributed by atoms with van der Waals surface area (Å²) < 4.78 is 18.7. The Labute approximate surface area is 134 Å². The van der Waals surface area contributed by atoms with Crippen LogP contribution in [0.15, 0.2) is 42.5 Å². The van der Waals surface area contributed by atoms with E-state index >= 15 is 0 Å². The monoisotopic (exact) mass is 318 g/mol. The number of rotatable bonds is 6. The van der Waals surface area contributed by atoms with Crippen molar-refractivity contribution in [2.45, 2.75) is 13.5 Å². The van der Waals surface area contributed by atoms with Crippen LogP contribution >= 0.6 is 0 Å². The molecule has 3 N–H and O–H groups in total. The second-order valence-corrected chi connectivity index (χ2v) is 5.00. The maximum Gasteiger partial charge on any atom is 0.319 e. The van der Waals surface area contributed by atoms with Crippen LogP contribution in [0.5, 0.6) is 5.75 Å². The minimum absolute atomic E-state index is 0.112. The van der Waals surface area contributed by atoms with Crippen molar-refractivity contribution in [2.24, 2.45) is 0 Å². The fraction of sp³-hybridized carbons (Fsp3) is 0.235. The zero-order valence-corrected chi connectivity index (χ0v) is 12.8. The molecule has 0 spiro atoms. The number of aliphatic hydroxyl groups excluding tert-OH is 1. The molecule has 0 saturated carbocycles. The van der Waals surface area contributed by atoms with Crippen molar-refractivity contribution < 1.29 is 19.0 Å². The molecule has 0 radical (unpaired) electrons. The molecule has 0 bridgehead atoms. The van der Waals surface area contributed by atoms with E-state index in [2.05, 4.69) is 10.6 Å². The van der Waals surface area contributed by atoms with E-state index in [1.165, 1.54) is 12.1 Å². The molecule has 0 fully saturated rings. The predicted octanol–water partition coefficient (Wildman–Crippen LogP) is 2.83. The van der Waals surface area contributed by atoms with E-state index in [9.17, 15) is 9.18 Å². The summed E-state index contributed by atoms with van der Waals surface area (Å²) in [5.74, 6) is 0.337. The molecule has 0 aliphatic heterocycles. The molecule has 23 heavy (non-hydrogen) atoms. The fourth-order valence-electron chi connectivity index (χ4n) is 2.00. The van der Waals surface area contributed by atoms with Gasteiger partial charge < -0.3 is 20.5 Å². The SMILES string of the molecule is Cc1cc(OCc2cccc(F)c2)ccc1NC(=O)NCCO. The number of anilines is 1. The van der Waals surface area contributed by atoms with Crippen LogP contribution in [0.4, 0.5) is 14.9 Å². The maximum atomic E-state index is 13.1. The van der Waals surface area contributed by atoms with E-state index in [-0.39, 0.29) is 31.6 Å². The van der Waals surface area contributed by atoms with E-state index in [4.69, 9.17) is 9.84 Å². The summed E-state index contributed by atoms with van der Waals surface area (Å²) >= 11 is 0. The highest BCUT2D eigenvalue weighted by atomic mass is 19.1. The van der Waals surface area contributed by atoms with Crippen molar-refractivity contribution in [3.63, 3.8) is 0 Å². The van der Waals surface area contributed by atoms with Crippen molar-refractivity contribution in [3.8, 4) is 5.75 Å². The normalized spacial score (nSPS) is 10.2. The van der Waals surface area contributed by atoms with E-state index < -0.39 is 0 Å². The van der Waals surface area contributed by atoms with Gasteiger partial charge in [0.1, 0.15) is 18.2 Å². The Kier molecular flexibility index (Phi) is 5.94. The summed E-state index contributed by atoms with van der Waals surface area (Å²) in [4.78, 5) is 11.6. The molecule has 5 nitrogen and oxygen atoms in total. The van der Waals surface area contributed by atoms with Gasteiger partial charge in [-0.3, -0.25) is 0 Å². The quantitative estimate of drug-likeness (QED) is 0.767. The first-order valence-electron chi connectivity index (χ1n) is 7.22. The van der Waals surface area contributed by atoms with Gasteiger partial charge in [0.15, 0.2) is 0 Å². The lowest BCUT2D eigenvalue weighted by atomic mass is 10.2. The smallest absolute Gasteiger partial charge is 0.319 e. The molecule has 2 amide bonds. The van der Waals surface area contributed by atoms with Gasteiger partial charge in [-0.05, 0) is 48.4 Å². The van der Waals surface area contributed by atoms with Crippen LogP contribution in [0.1, 0.15) is 11.1 Å². The van der Waals surface area contributed by atoms with Crippen LogP contribution in [-0.4, -0.2) is 24.3 Å². The summed E-state index contributed by atoms with van der Waals surface area (Å²) in [6.07, 6.45) is 0. The number of carbonyl (C=O) groups excluding carboxylic acids is 1. The summed E-state index contributed by atoms with van der Waals surface area (Å²) in [6, 6.07) is 11.1. The van der Waals surface area contributed by atoms with Crippen LogP contribution in [0.25, 0.3) is 0 Å². The highest BCUT2D eigenvalue weighted by Gasteiger charge is 2.05. The highest BCUT2D eigenvalue weighted by molar-refractivity contribution is 5.90. The van der Waals surface area contributed by atoms with Gasteiger partial charge in [0, 0.05) is 12.2 Å². The molecule has 2 aromatic carbocycles. The molecule has 0 heterocycles. The number of benzene rings is 2. The molecule has 0 unspecified atom stereocenters. The van der Waals surface area contributed by atoms with E-state index in [0.717, 1.165) is 11.1 Å². The van der Waals surface area contributed by atoms with Crippen LogP contribution in [0, 0.1) is 12.7 Å². The van der Waals surface area contributed by atoms with Gasteiger partial charge in [0.05, 0.1) is 6.61 Å². The molecule has 2 rings (SSSR count). The molecular weight excluding hydrogens is 299 g/mol. The maximum absolute atomic E-state index is 13.1. The van der Waals surface area contributed by atoms with Crippen LogP contribution in [0.2, 0.25) is 0 Å². The number of carbonyl (C=O) groups is 1. The van der Waals surface area contributed by atoms with Gasteiger partial charge in [-0.2, -0.15) is 0 Å². The molecule has 6 heteroatoms. The van der Waals surface area contributed by atoms with Gasteiger partial charge in [-0.25, -0.2) is 9.18 Å². The van der Waals surface area contributed by atoms with Crippen molar-refractivity contribution in [1.29, 1.82) is 0 Å². The third-order valence-corrected chi connectivity index (χ3v) is 3.14. The lowest BCUT2D eigenvalue weighted by Gasteiger charge is -2.12. The van der Waals surface area contributed by atoms with Crippen LogP contribution in [-0.2, 0) is 6.61 Å². The minimum atomic E-state index is -0.379. The molecule has 0 aromatic heterocycles. The number of halogens is 1. The van der Waals surface area contributed by atoms with Gasteiger partial charge >= 0.3 is 6.03 Å². The zero-order valence-electron chi connectivity index (χ0n) is 12.8. The third kappa shape index (κ3) is 5.27. The average molecular weight is 318 g/mol. The van der Waals surface area contributed by atoms with Gasteiger partial charge in [0.25, 0.3) is 0 Å². The largest absolute Gasteiger partial charge is 0.489 e. The number of hydrogen-bond acceptors (Lipinski definition) is 3. The summed E-state index contributed by atoms with van der Waals surface area (Å²) in [6.45, 7) is 2.19. The van der Waals surface area contributed by atoms with Crippen LogP contribution in [0.3, 0.4) is 0 Å². The first-order valence-corrected chi connectivity index (χ1v) is 7.22. The van der Waals surface area contributed by atoms with Crippen molar-refractivity contribution in [1.82, 2.24) is 5.32 Å². The number of urea groups is 1. The fourth-order valence-corrected chi connectivity index (χ4v) is 2.00. The molecule has 0 atom stereocenters. The molecule has 2 aromatic rings. The van der Waals surface area contributed by atoms with E-state index in [1.807, 2.05) is 6.92 Å². The van der Waals surface area contributed by atoms with E-state index in [1.54, 1.807) is 30.3 Å². The summed E-state index contributed by atoms with van der Waals surface area (Å²) in [5.41, 5.74) is 2.23. The number of ether oxygens (including phenoxy) is 1. The second-order valence-electron chi connectivity index (χ2n) is 5.00. The minimum Gasteiger partial charge on any atom is -0.489 e. The summed E-state index contributed by atoms with van der Waals surface area (Å²) in [5, 5.41) is 13.9. The Morgan fingerprint density at radius 3 is 2.78 bits per heavy atom. The first kappa shape index (κ1) is 16.8. The second kappa shape index (κ2) is 8.14. The number of amides is 2. The Balaban J connectivity index is 1.94. The molecule has 0 aliphatic carbocycles. The Bertz CT molecular complexity index is 677. The first-order chi connectivity index (χ1) is 11.1. The van der Waals surface area contributed by atoms with Crippen molar-refractivity contribution in [2.75, 3.05) is 18.5 Å². The van der Waals surface area contributed by atoms with Crippen LogP contribution < -0.4 is 15.4 Å². The highest BCUT2D eigenvalue weighted by Crippen LogP contribution is 2.22. The van der Waals surface area contributed by atoms with Gasteiger partial charge in [-0.1, -0.05) is 12.1 Å². The number of aryl methyl sites for hydroxylation is 1. The third-order valence-electron chi connectivity index (χ3n) is 3.14. The lowest BCUT2D eigenvalue weighted by molar-refractivity contribution is 0.245. The van der Waals surface area contributed by atoms with Gasteiger partial charge in [0.2, 0.25) is 0 Å². The predicted molar refractivity (Wildman–Crippen MR) is 86.0 cm³/mol. The number of aliphatic hydroxyl groups is 1. The van der Waals surface area contributed by atoms with Crippen molar-refractivity contribution >= 4 is 11.7 Å². The Morgan fingerprint density at radius 2 is 2.09 bits per heavy atom. The Hall–Kier alpha value is -2.60. The number of nitrogens with one attached hydrogen (secondary N) is 2. The molecule has 0 aliphatic rings. The Morgan fingerprint density at radius 1 is 1.26 bits per heavy atom. The molecule has 0 saturated heterocycles.